The van der Waals surface area contributed by atoms with Crippen LogP contribution in [0.4, 0.5) is 0 Å². The highest BCUT2D eigenvalue weighted by molar-refractivity contribution is 6.31. The number of rotatable bonds is 5. The summed E-state index contributed by atoms with van der Waals surface area (Å²) in [5.41, 5.74) is 5.95. The second-order valence-corrected chi connectivity index (χ2v) is 8.32. The molecule has 1 N–H and O–H groups in total. The summed E-state index contributed by atoms with van der Waals surface area (Å²) in [5.74, 6) is 0. The summed E-state index contributed by atoms with van der Waals surface area (Å²) >= 11 is 6.64. The minimum atomic E-state index is -0.382. The molecular formula is C24H31ClO2. The minimum Gasteiger partial charge on any atom is -0.390 e. The van der Waals surface area contributed by atoms with E-state index in [0.717, 1.165) is 37.1 Å². The summed E-state index contributed by atoms with van der Waals surface area (Å²) in [6, 6.07) is 12.9. The van der Waals surface area contributed by atoms with Crippen molar-refractivity contribution >= 4 is 11.6 Å². The van der Waals surface area contributed by atoms with Crippen LogP contribution in [0.25, 0.3) is 0 Å². The number of aliphatic hydroxyl groups excluding tert-OH is 1. The summed E-state index contributed by atoms with van der Waals surface area (Å²) in [5, 5.41) is 10.9. The van der Waals surface area contributed by atoms with Crippen molar-refractivity contribution < 1.29 is 9.84 Å². The van der Waals surface area contributed by atoms with Gasteiger partial charge in [-0.2, -0.15) is 0 Å². The number of hydrogen-bond acceptors (Lipinski definition) is 2. The lowest BCUT2D eigenvalue weighted by atomic mass is 9.80. The van der Waals surface area contributed by atoms with Crippen molar-refractivity contribution in [2.75, 3.05) is 0 Å². The lowest BCUT2D eigenvalue weighted by molar-refractivity contribution is -0.165. The van der Waals surface area contributed by atoms with E-state index in [9.17, 15) is 5.11 Å². The lowest BCUT2D eigenvalue weighted by Gasteiger charge is -2.41. The number of benzene rings is 2. The van der Waals surface area contributed by atoms with Crippen LogP contribution in [0.15, 0.2) is 36.4 Å². The minimum absolute atomic E-state index is 0.158. The van der Waals surface area contributed by atoms with Crippen molar-refractivity contribution in [2.45, 2.75) is 77.6 Å². The van der Waals surface area contributed by atoms with Crippen LogP contribution in [0.5, 0.6) is 0 Å². The topological polar surface area (TPSA) is 29.5 Å². The van der Waals surface area contributed by atoms with Crippen LogP contribution in [-0.2, 0) is 29.6 Å². The fourth-order valence-electron chi connectivity index (χ4n) is 4.26. The van der Waals surface area contributed by atoms with E-state index in [-0.39, 0.29) is 17.8 Å². The SMILES string of the molecule is CCc1ccc(Cc2c(Cl)ccc(C3(C)CCC(O)C(C)O3)c2CC)cc1. The zero-order valence-electron chi connectivity index (χ0n) is 16.9. The molecule has 2 aromatic carbocycles. The maximum Gasteiger partial charge on any atom is 0.0912 e. The quantitative estimate of drug-likeness (QED) is 0.700. The van der Waals surface area contributed by atoms with Gasteiger partial charge in [0.1, 0.15) is 0 Å². The van der Waals surface area contributed by atoms with E-state index in [2.05, 4.69) is 51.1 Å². The fraction of sp³-hybridized carbons (Fsp3) is 0.500. The monoisotopic (exact) mass is 386 g/mol. The fourth-order valence-corrected chi connectivity index (χ4v) is 4.50. The first-order valence-electron chi connectivity index (χ1n) is 10.1. The molecule has 1 aliphatic heterocycles. The number of ether oxygens (including phenoxy) is 1. The van der Waals surface area contributed by atoms with E-state index >= 15 is 0 Å². The maximum atomic E-state index is 10.1. The molecule has 146 valence electrons. The second-order valence-electron chi connectivity index (χ2n) is 7.91. The van der Waals surface area contributed by atoms with E-state index in [1.165, 1.54) is 27.8 Å². The molecule has 27 heavy (non-hydrogen) atoms. The molecule has 1 heterocycles. The Balaban J connectivity index is 1.98. The molecule has 0 saturated carbocycles. The zero-order chi connectivity index (χ0) is 19.6. The summed E-state index contributed by atoms with van der Waals surface area (Å²) in [6.07, 6.45) is 3.83. The molecule has 1 saturated heterocycles. The van der Waals surface area contributed by atoms with Gasteiger partial charge >= 0.3 is 0 Å². The first-order chi connectivity index (χ1) is 12.9. The third-order valence-corrected chi connectivity index (χ3v) is 6.37. The van der Waals surface area contributed by atoms with Gasteiger partial charge in [-0.3, -0.25) is 0 Å². The molecule has 0 aromatic heterocycles. The molecule has 0 aliphatic carbocycles. The summed E-state index contributed by atoms with van der Waals surface area (Å²) in [4.78, 5) is 0. The van der Waals surface area contributed by atoms with Crippen molar-refractivity contribution in [2.24, 2.45) is 0 Å². The average Bonchev–Trinajstić information content (AvgIpc) is 2.67. The van der Waals surface area contributed by atoms with Crippen molar-refractivity contribution in [1.29, 1.82) is 0 Å². The second kappa shape index (κ2) is 8.34. The van der Waals surface area contributed by atoms with Gasteiger partial charge in [0.15, 0.2) is 0 Å². The molecular weight excluding hydrogens is 356 g/mol. The number of halogens is 1. The van der Waals surface area contributed by atoms with E-state index in [4.69, 9.17) is 16.3 Å². The highest BCUT2D eigenvalue weighted by atomic mass is 35.5. The molecule has 0 amide bonds. The standard InChI is InChI=1S/C24H31ClO2/c1-5-17-7-9-18(10-8-17)15-20-19(6-2)21(11-12-22(20)25)24(4)14-13-23(26)16(3)27-24/h7-12,16,23,26H,5-6,13-15H2,1-4H3. The highest BCUT2D eigenvalue weighted by Crippen LogP contribution is 2.41. The van der Waals surface area contributed by atoms with E-state index in [0.29, 0.717) is 0 Å². The lowest BCUT2D eigenvalue weighted by Crippen LogP contribution is -2.43. The van der Waals surface area contributed by atoms with Gasteiger partial charge in [0.25, 0.3) is 0 Å². The molecule has 3 atom stereocenters. The Kier molecular flexibility index (Phi) is 6.30. The van der Waals surface area contributed by atoms with Gasteiger partial charge in [0, 0.05) is 5.02 Å². The van der Waals surface area contributed by atoms with Crippen LogP contribution in [-0.4, -0.2) is 17.3 Å². The molecule has 0 bridgehead atoms. The third kappa shape index (κ3) is 4.23. The van der Waals surface area contributed by atoms with Crippen LogP contribution in [0.3, 0.4) is 0 Å². The van der Waals surface area contributed by atoms with Crippen LogP contribution in [0.2, 0.25) is 5.02 Å². The highest BCUT2D eigenvalue weighted by Gasteiger charge is 2.38. The first-order valence-corrected chi connectivity index (χ1v) is 10.5. The van der Waals surface area contributed by atoms with Crippen molar-refractivity contribution in [3.8, 4) is 0 Å². The smallest absolute Gasteiger partial charge is 0.0912 e. The predicted molar refractivity (Wildman–Crippen MR) is 113 cm³/mol. The van der Waals surface area contributed by atoms with E-state index < -0.39 is 0 Å². The zero-order valence-corrected chi connectivity index (χ0v) is 17.6. The van der Waals surface area contributed by atoms with Gasteiger partial charge in [0.2, 0.25) is 0 Å². The average molecular weight is 387 g/mol. The molecule has 2 aromatic rings. The van der Waals surface area contributed by atoms with Crippen molar-refractivity contribution in [3.05, 3.63) is 69.2 Å². The van der Waals surface area contributed by atoms with Crippen LogP contribution < -0.4 is 0 Å². The molecule has 3 unspecified atom stereocenters. The van der Waals surface area contributed by atoms with Gasteiger partial charge in [-0.25, -0.2) is 0 Å². The van der Waals surface area contributed by atoms with Gasteiger partial charge < -0.3 is 9.84 Å². The van der Waals surface area contributed by atoms with Crippen molar-refractivity contribution in [1.82, 2.24) is 0 Å². The Hall–Kier alpha value is -1.35. The molecule has 0 radical (unpaired) electrons. The third-order valence-electron chi connectivity index (χ3n) is 6.01. The summed E-state index contributed by atoms with van der Waals surface area (Å²) in [6.45, 7) is 8.47. The number of aryl methyl sites for hydroxylation is 1. The maximum absolute atomic E-state index is 10.1. The molecule has 3 rings (SSSR count). The van der Waals surface area contributed by atoms with Crippen LogP contribution in [0.1, 0.15) is 68.4 Å². The molecule has 2 nitrogen and oxygen atoms in total. The Morgan fingerprint density at radius 3 is 2.30 bits per heavy atom. The Morgan fingerprint density at radius 2 is 1.70 bits per heavy atom. The number of hydrogen-bond donors (Lipinski definition) is 1. The normalized spacial score (nSPS) is 25.6. The van der Waals surface area contributed by atoms with Gasteiger partial charge in [0.05, 0.1) is 17.8 Å². The summed E-state index contributed by atoms with van der Waals surface area (Å²) < 4.78 is 6.30. The predicted octanol–water partition coefficient (Wildman–Crippen LogP) is 5.83. The summed E-state index contributed by atoms with van der Waals surface area (Å²) in [7, 11) is 0. The molecule has 3 heteroatoms. The van der Waals surface area contributed by atoms with Crippen molar-refractivity contribution in [3.63, 3.8) is 0 Å². The molecule has 1 fully saturated rings. The molecule has 1 aliphatic rings. The van der Waals surface area contributed by atoms with Crippen LogP contribution >= 0.6 is 11.6 Å². The Bertz CT molecular complexity index is 784. The first kappa shape index (κ1) is 20.4. The Labute approximate surface area is 168 Å². The Morgan fingerprint density at radius 1 is 1.04 bits per heavy atom. The van der Waals surface area contributed by atoms with E-state index in [1.54, 1.807) is 0 Å². The molecule has 0 spiro atoms. The van der Waals surface area contributed by atoms with Gasteiger partial charge in [-0.15, -0.1) is 0 Å². The van der Waals surface area contributed by atoms with Gasteiger partial charge in [-0.1, -0.05) is 55.8 Å². The number of aliphatic hydroxyl groups is 1. The van der Waals surface area contributed by atoms with Crippen LogP contribution in [0, 0.1) is 0 Å². The largest absolute Gasteiger partial charge is 0.390 e. The van der Waals surface area contributed by atoms with Gasteiger partial charge in [-0.05, 0) is 79.8 Å². The van der Waals surface area contributed by atoms with E-state index in [1.807, 2.05) is 13.0 Å².